The molecule has 0 rings (SSSR count). The van der Waals surface area contributed by atoms with E-state index in [4.69, 9.17) is 36.2 Å². The molecule has 0 unspecified atom stereocenters. The van der Waals surface area contributed by atoms with E-state index in [0.29, 0.717) is 52.9 Å². The molecular formula is C104H216O12P4Ti. The van der Waals surface area contributed by atoms with Crippen molar-refractivity contribution in [3.8, 4) is 0 Å². The molecule has 0 aromatic carbocycles. The van der Waals surface area contributed by atoms with E-state index in [0.717, 1.165) is 51.4 Å². The third kappa shape index (κ3) is 135. The van der Waals surface area contributed by atoms with Gasteiger partial charge in [-0.3, -0.25) is 0 Å². The van der Waals surface area contributed by atoms with E-state index in [-0.39, 0.29) is 21.7 Å². The number of unbranched alkanes of at least 4 members (excludes halogenated alkanes) is 80. The van der Waals surface area contributed by atoms with Crippen LogP contribution in [0.5, 0.6) is 0 Å². The zero-order valence-electron chi connectivity index (χ0n) is 83.1. The Morgan fingerprint density at radius 3 is 0.231 bits per heavy atom. The van der Waals surface area contributed by atoms with Crippen LogP contribution in [-0.2, 0) is 57.9 Å². The molecule has 0 heterocycles. The summed E-state index contributed by atoms with van der Waals surface area (Å²) in [6.07, 6.45) is 116. The van der Waals surface area contributed by atoms with Gasteiger partial charge in [0.15, 0.2) is 0 Å². The predicted octanol–water partition coefficient (Wildman–Crippen LogP) is 36.9. The van der Waals surface area contributed by atoms with Gasteiger partial charge in [-0.15, -0.1) is 0 Å². The molecule has 0 aromatic rings. The van der Waals surface area contributed by atoms with E-state index in [1.165, 1.54) is 514 Å². The van der Waals surface area contributed by atoms with E-state index >= 15 is 0 Å². The summed E-state index contributed by atoms with van der Waals surface area (Å²) in [5, 5.41) is 0. The van der Waals surface area contributed by atoms with E-state index in [9.17, 15) is 19.6 Å². The van der Waals surface area contributed by atoms with Gasteiger partial charge in [0, 0.05) is 0 Å². The van der Waals surface area contributed by atoms with Gasteiger partial charge in [-0.05, 0) is 51.4 Å². The SMILES string of the molecule is CCCCCCCCCCCCCOP([O-])OCCCCCCCCCCCCC.CCCCCCCCCCCCCOP([O-])OCCCCCCCCCCCCC.CCCCCCCCCCCCCOP([O-])OCCCCCCCCCCCCC.CCCCCCCCCCCCCOP([O-])OCCCCCCCCCCCCC.[Ti+4]. The molecule has 0 amide bonds. The second-order valence-electron chi connectivity index (χ2n) is 35.8. The van der Waals surface area contributed by atoms with Crippen molar-refractivity contribution in [3.05, 3.63) is 0 Å². The normalized spacial score (nSPS) is 11.5. The van der Waals surface area contributed by atoms with E-state index < -0.39 is 34.4 Å². The number of hydrogen-bond donors (Lipinski definition) is 0. The van der Waals surface area contributed by atoms with E-state index in [1.807, 2.05) is 0 Å². The van der Waals surface area contributed by atoms with Gasteiger partial charge in [-0.25, -0.2) is 0 Å². The fourth-order valence-corrected chi connectivity index (χ4v) is 17.9. The van der Waals surface area contributed by atoms with Crippen molar-refractivity contribution < 1.29 is 77.5 Å². The maximum atomic E-state index is 11.7. The fourth-order valence-electron chi connectivity index (χ4n) is 15.4. The van der Waals surface area contributed by atoms with Gasteiger partial charge in [0.05, 0.1) is 87.3 Å². The standard InChI is InChI=1S/4C26H54O3P.Ti/c4*1-3-5-7-9-11-13-15-17-19-21-23-25-28-30(27)29-26-24-22-20-18-16-14-12-10-8-6-4-2;/h4*3-26H2,1-2H3;/q4*-1;+4. The Kier molecular flexibility index (Phi) is 139. The van der Waals surface area contributed by atoms with E-state index in [2.05, 4.69) is 55.4 Å². The van der Waals surface area contributed by atoms with Crippen LogP contribution in [0.25, 0.3) is 0 Å². The third-order valence-corrected chi connectivity index (χ3v) is 26.7. The Hall–Kier alpha value is 1.95. The zero-order valence-corrected chi connectivity index (χ0v) is 88.2. The Morgan fingerprint density at radius 1 is 0.107 bits per heavy atom. The van der Waals surface area contributed by atoms with Crippen LogP contribution in [0.2, 0.25) is 0 Å². The summed E-state index contributed by atoms with van der Waals surface area (Å²) >= 11 is 0. The molecule has 0 saturated heterocycles. The topological polar surface area (TPSA) is 166 Å². The first-order valence-electron chi connectivity index (χ1n) is 54.2. The van der Waals surface area contributed by atoms with E-state index in [1.54, 1.807) is 0 Å². The van der Waals surface area contributed by atoms with Crippen molar-refractivity contribution in [2.24, 2.45) is 0 Å². The zero-order chi connectivity index (χ0) is 87.8. The van der Waals surface area contributed by atoms with Gasteiger partial charge in [0.2, 0.25) is 0 Å². The number of rotatable bonds is 104. The van der Waals surface area contributed by atoms with Gasteiger partial charge in [0.1, 0.15) is 0 Å². The summed E-state index contributed by atoms with van der Waals surface area (Å²) in [7, 11) is -7.63. The van der Waals surface area contributed by atoms with Crippen LogP contribution in [-0.4, -0.2) is 52.9 Å². The first kappa shape index (κ1) is 131. The Bertz CT molecular complexity index is 1340. The molecule has 0 aliphatic carbocycles. The van der Waals surface area contributed by atoms with Gasteiger partial charge in [-0.1, -0.05) is 569 Å². The van der Waals surface area contributed by atoms with Gasteiger partial charge < -0.3 is 55.8 Å². The average molecular weight is 1830 g/mol. The molecule has 0 saturated carbocycles. The summed E-state index contributed by atoms with van der Waals surface area (Å²) in [5.41, 5.74) is 0. The second-order valence-corrected chi connectivity index (χ2v) is 39.7. The molecule has 0 radical (unpaired) electrons. The molecule has 17 heteroatoms. The predicted molar refractivity (Wildman–Crippen MR) is 527 cm³/mol. The van der Waals surface area contributed by atoms with Crippen molar-refractivity contribution >= 4 is 34.4 Å². The average Bonchev–Trinajstić information content (AvgIpc) is 1.10. The van der Waals surface area contributed by atoms with Crippen molar-refractivity contribution in [2.75, 3.05) is 52.9 Å². The molecular weight excluding hydrogens is 1610 g/mol. The molecule has 0 aliphatic heterocycles. The quantitative estimate of drug-likeness (QED) is 0.0322. The largest absolute Gasteiger partial charge is 4.00 e. The van der Waals surface area contributed by atoms with Gasteiger partial charge >= 0.3 is 21.7 Å². The van der Waals surface area contributed by atoms with Crippen LogP contribution in [0.4, 0.5) is 0 Å². The Labute approximate surface area is 779 Å². The summed E-state index contributed by atoms with van der Waals surface area (Å²) in [4.78, 5) is 46.8. The minimum absolute atomic E-state index is 0. The molecule has 0 aliphatic rings. The maximum absolute atomic E-state index is 11.7. The van der Waals surface area contributed by atoms with Crippen LogP contribution in [0.1, 0.15) is 620 Å². The van der Waals surface area contributed by atoms with Crippen molar-refractivity contribution in [3.63, 3.8) is 0 Å². The number of hydrogen-bond acceptors (Lipinski definition) is 12. The van der Waals surface area contributed by atoms with Crippen LogP contribution in [0.15, 0.2) is 0 Å². The fraction of sp³-hybridized carbons (Fsp3) is 1.00. The summed E-state index contributed by atoms with van der Waals surface area (Å²) < 4.78 is 42.5. The smallest absolute Gasteiger partial charge is 0.786 e. The minimum Gasteiger partial charge on any atom is -0.786 e. The maximum Gasteiger partial charge on any atom is 4.00 e. The molecule has 0 aromatic heterocycles. The molecule has 0 bridgehead atoms. The molecule has 12 nitrogen and oxygen atoms in total. The van der Waals surface area contributed by atoms with Crippen molar-refractivity contribution in [1.82, 2.24) is 0 Å². The summed E-state index contributed by atoms with van der Waals surface area (Å²) in [6.45, 7) is 22.7. The Balaban J connectivity index is -0.000000493. The van der Waals surface area contributed by atoms with Gasteiger partial charge in [-0.2, -0.15) is 0 Å². The molecule has 0 spiro atoms. The molecule has 728 valence electrons. The molecule has 121 heavy (non-hydrogen) atoms. The monoisotopic (exact) mass is 1830 g/mol. The van der Waals surface area contributed by atoms with Crippen molar-refractivity contribution in [2.45, 2.75) is 620 Å². The molecule has 0 N–H and O–H groups in total. The molecule has 0 atom stereocenters. The first-order chi connectivity index (χ1) is 59.2. The molecule has 0 fully saturated rings. The second kappa shape index (κ2) is 128. The third-order valence-electron chi connectivity index (χ3n) is 23.6. The van der Waals surface area contributed by atoms with Crippen LogP contribution in [0.3, 0.4) is 0 Å². The Morgan fingerprint density at radius 2 is 0.165 bits per heavy atom. The van der Waals surface area contributed by atoms with Crippen LogP contribution >= 0.6 is 34.4 Å². The summed E-state index contributed by atoms with van der Waals surface area (Å²) in [5.74, 6) is 0. The van der Waals surface area contributed by atoms with Crippen molar-refractivity contribution in [1.29, 1.82) is 0 Å². The minimum atomic E-state index is -1.91. The first-order valence-corrected chi connectivity index (χ1v) is 58.5. The van der Waals surface area contributed by atoms with Gasteiger partial charge in [0.25, 0.3) is 0 Å². The summed E-state index contributed by atoms with van der Waals surface area (Å²) in [6, 6.07) is 0. The van der Waals surface area contributed by atoms with Crippen LogP contribution < -0.4 is 19.6 Å². The van der Waals surface area contributed by atoms with Crippen LogP contribution in [0, 0.1) is 0 Å².